The van der Waals surface area contributed by atoms with E-state index in [4.69, 9.17) is 4.74 Å². The molecule has 0 bridgehead atoms. The third-order valence-corrected chi connectivity index (χ3v) is 5.28. The summed E-state index contributed by atoms with van der Waals surface area (Å²) < 4.78 is 46.4. The lowest BCUT2D eigenvalue weighted by molar-refractivity contribution is -0.137. The molecule has 2 heterocycles. The van der Waals surface area contributed by atoms with E-state index in [1.807, 2.05) is 48.0 Å². The molecule has 170 valence electrons. The van der Waals surface area contributed by atoms with Crippen LogP contribution in [0.2, 0.25) is 0 Å². The Bertz CT molecular complexity index is 1300. The second-order valence-electron chi connectivity index (χ2n) is 7.48. The van der Waals surface area contributed by atoms with Gasteiger partial charge in [0.25, 0.3) is 0 Å². The summed E-state index contributed by atoms with van der Waals surface area (Å²) in [5.41, 5.74) is 2.41. The average Bonchev–Trinajstić information content (AvgIpc) is 3.18. The van der Waals surface area contributed by atoms with Crippen LogP contribution in [0, 0.1) is 6.92 Å². The molecule has 0 spiro atoms. The summed E-state index contributed by atoms with van der Waals surface area (Å²) >= 11 is 0. The lowest BCUT2D eigenvalue weighted by atomic mass is 10.1. The van der Waals surface area contributed by atoms with Gasteiger partial charge in [0.05, 0.1) is 29.6 Å². The number of rotatable bonds is 5. The van der Waals surface area contributed by atoms with Crippen LogP contribution in [-0.2, 0) is 12.7 Å². The quantitative estimate of drug-likeness (QED) is 0.385. The molecule has 0 fully saturated rings. The first-order valence-corrected chi connectivity index (χ1v) is 10.1. The number of aryl methyl sites for hydroxylation is 1. The SMILES string of the molecule is COc1ccc(C(F)(F)F)cc1NC(=O)Nc1c(C)ccc2c1ccn2Cc1ccncc1. The third-order valence-electron chi connectivity index (χ3n) is 5.28. The lowest BCUT2D eigenvalue weighted by Crippen LogP contribution is -2.21. The number of nitrogens with zero attached hydrogens (tertiary/aromatic N) is 2. The van der Waals surface area contributed by atoms with E-state index in [9.17, 15) is 18.0 Å². The van der Waals surface area contributed by atoms with Gasteiger partial charge in [-0.2, -0.15) is 13.2 Å². The molecular weight excluding hydrogens is 433 g/mol. The van der Waals surface area contributed by atoms with Crippen molar-refractivity contribution < 1.29 is 22.7 Å². The number of hydrogen-bond acceptors (Lipinski definition) is 3. The van der Waals surface area contributed by atoms with Crippen molar-refractivity contribution in [3.05, 3.63) is 83.8 Å². The average molecular weight is 454 g/mol. The summed E-state index contributed by atoms with van der Waals surface area (Å²) in [6.45, 7) is 2.47. The van der Waals surface area contributed by atoms with Crippen LogP contribution >= 0.6 is 0 Å². The van der Waals surface area contributed by atoms with Gasteiger partial charge in [-0.05, 0) is 60.5 Å². The molecule has 0 radical (unpaired) electrons. The Balaban J connectivity index is 1.60. The molecule has 6 nitrogen and oxygen atoms in total. The lowest BCUT2D eigenvalue weighted by Gasteiger charge is -2.15. The molecule has 4 rings (SSSR count). The Morgan fingerprint density at radius 1 is 1.06 bits per heavy atom. The summed E-state index contributed by atoms with van der Waals surface area (Å²) in [5, 5.41) is 6.07. The standard InChI is InChI=1S/C24H21F3N4O2/c1-15-3-5-20-18(9-12-31(20)14-16-7-10-28-11-8-16)22(15)30-23(32)29-19-13-17(24(25,26)27)4-6-21(19)33-2/h3-13H,14H2,1-2H3,(H2,29,30,32). The number of aromatic nitrogens is 2. The number of methoxy groups -OCH3 is 1. The highest BCUT2D eigenvalue weighted by molar-refractivity contribution is 6.07. The molecule has 2 N–H and O–H groups in total. The van der Waals surface area contributed by atoms with Crippen LogP contribution in [0.4, 0.5) is 29.3 Å². The fraction of sp³-hybridized carbons (Fsp3) is 0.167. The van der Waals surface area contributed by atoms with Crippen molar-refractivity contribution in [2.75, 3.05) is 17.7 Å². The number of ether oxygens (including phenoxy) is 1. The normalized spacial score (nSPS) is 11.4. The summed E-state index contributed by atoms with van der Waals surface area (Å²) in [4.78, 5) is 16.8. The van der Waals surface area contributed by atoms with Crippen LogP contribution < -0.4 is 15.4 Å². The molecule has 0 saturated heterocycles. The van der Waals surface area contributed by atoms with Crippen LogP contribution in [0.3, 0.4) is 0 Å². The fourth-order valence-corrected chi connectivity index (χ4v) is 3.62. The number of alkyl halides is 3. The van der Waals surface area contributed by atoms with Gasteiger partial charge >= 0.3 is 12.2 Å². The van der Waals surface area contributed by atoms with Gasteiger partial charge in [-0.1, -0.05) is 6.07 Å². The maximum atomic E-state index is 13.1. The maximum absolute atomic E-state index is 13.1. The third kappa shape index (κ3) is 4.77. The summed E-state index contributed by atoms with van der Waals surface area (Å²) in [6, 6.07) is 11.8. The van der Waals surface area contributed by atoms with Crippen LogP contribution in [0.15, 0.2) is 67.1 Å². The first-order chi connectivity index (χ1) is 15.8. The number of hydrogen-bond donors (Lipinski definition) is 2. The summed E-state index contributed by atoms with van der Waals surface area (Å²) in [7, 11) is 1.32. The minimum absolute atomic E-state index is 0.0788. The van der Waals surface area contributed by atoms with Gasteiger partial charge < -0.3 is 19.9 Å². The molecule has 0 aliphatic heterocycles. The number of amides is 2. The summed E-state index contributed by atoms with van der Waals surface area (Å²) in [5.74, 6) is 0.122. The number of benzene rings is 2. The zero-order valence-corrected chi connectivity index (χ0v) is 17.9. The second-order valence-corrected chi connectivity index (χ2v) is 7.48. The van der Waals surface area contributed by atoms with E-state index in [2.05, 4.69) is 15.6 Å². The highest BCUT2D eigenvalue weighted by Crippen LogP contribution is 2.35. The molecule has 2 aromatic carbocycles. The molecule has 0 saturated carbocycles. The predicted octanol–water partition coefficient (Wildman–Crippen LogP) is 6.06. The Hall–Kier alpha value is -4.01. The molecule has 2 aromatic heterocycles. The van der Waals surface area contributed by atoms with Gasteiger partial charge in [-0.15, -0.1) is 0 Å². The van der Waals surface area contributed by atoms with E-state index in [0.29, 0.717) is 12.2 Å². The molecule has 9 heteroatoms. The number of fused-ring (bicyclic) bond motifs is 1. The Labute approximate surface area is 188 Å². The van der Waals surface area contributed by atoms with Gasteiger partial charge in [-0.3, -0.25) is 4.98 Å². The molecule has 2 amide bonds. The number of nitrogens with one attached hydrogen (secondary N) is 2. The number of halogens is 3. The van der Waals surface area contributed by atoms with Crippen molar-refractivity contribution in [3.63, 3.8) is 0 Å². The van der Waals surface area contributed by atoms with Gasteiger partial charge in [0.1, 0.15) is 5.75 Å². The highest BCUT2D eigenvalue weighted by Gasteiger charge is 2.31. The van der Waals surface area contributed by atoms with Crippen molar-refractivity contribution in [1.82, 2.24) is 9.55 Å². The maximum Gasteiger partial charge on any atom is 0.416 e. The smallest absolute Gasteiger partial charge is 0.416 e. The molecule has 33 heavy (non-hydrogen) atoms. The zero-order chi connectivity index (χ0) is 23.6. The van der Waals surface area contributed by atoms with Crippen molar-refractivity contribution in [1.29, 1.82) is 0 Å². The predicted molar refractivity (Wildman–Crippen MR) is 121 cm³/mol. The highest BCUT2D eigenvalue weighted by atomic mass is 19.4. The molecular formula is C24H21F3N4O2. The number of carbonyl (C=O) groups is 1. The van der Waals surface area contributed by atoms with E-state index < -0.39 is 17.8 Å². The topological polar surface area (TPSA) is 68.2 Å². The van der Waals surface area contributed by atoms with Crippen molar-refractivity contribution in [2.45, 2.75) is 19.6 Å². The zero-order valence-electron chi connectivity index (χ0n) is 17.9. The van der Waals surface area contributed by atoms with Gasteiger partial charge in [0.15, 0.2) is 0 Å². The van der Waals surface area contributed by atoms with Gasteiger partial charge in [0.2, 0.25) is 0 Å². The van der Waals surface area contributed by atoms with E-state index in [1.54, 1.807) is 12.4 Å². The molecule has 4 aromatic rings. The van der Waals surface area contributed by atoms with Gasteiger partial charge in [0, 0.05) is 30.5 Å². The largest absolute Gasteiger partial charge is 0.495 e. The number of urea groups is 1. The Morgan fingerprint density at radius 3 is 2.52 bits per heavy atom. The number of pyridine rings is 1. The van der Waals surface area contributed by atoms with Gasteiger partial charge in [-0.25, -0.2) is 4.79 Å². The van der Waals surface area contributed by atoms with Crippen molar-refractivity contribution in [2.24, 2.45) is 0 Å². The van der Waals surface area contributed by atoms with E-state index in [-0.39, 0.29) is 11.4 Å². The molecule has 0 unspecified atom stereocenters. The molecule has 0 aliphatic rings. The van der Waals surface area contributed by atoms with Crippen LogP contribution in [0.25, 0.3) is 10.9 Å². The van der Waals surface area contributed by atoms with Crippen LogP contribution in [0.5, 0.6) is 5.75 Å². The molecule has 0 atom stereocenters. The Kier molecular flexibility index (Phi) is 5.95. The first-order valence-electron chi connectivity index (χ1n) is 10.1. The van der Waals surface area contributed by atoms with Crippen molar-refractivity contribution >= 4 is 28.3 Å². The number of anilines is 2. The van der Waals surface area contributed by atoms with E-state index >= 15 is 0 Å². The minimum Gasteiger partial charge on any atom is -0.495 e. The fourth-order valence-electron chi connectivity index (χ4n) is 3.62. The van der Waals surface area contributed by atoms with Crippen molar-refractivity contribution in [3.8, 4) is 5.75 Å². The van der Waals surface area contributed by atoms with E-state index in [0.717, 1.165) is 34.2 Å². The number of carbonyl (C=O) groups excluding carboxylic acids is 1. The minimum atomic E-state index is -4.54. The second kappa shape index (κ2) is 8.85. The van der Waals surface area contributed by atoms with Crippen LogP contribution in [0.1, 0.15) is 16.7 Å². The molecule has 0 aliphatic carbocycles. The first kappa shape index (κ1) is 22.2. The summed E-state index contributed by atoms with van der Waals surface area (Å²) in [6.07, 6.45) is 0.831. The van der Waals surface area contributed by atoms with Crippen LogP contribution in [-0.4, -0.2) is 22.7 Å². The van der Waals surface area contributed by atoms with E-state index in [1.165, 1.54) is 13.2 Å². The Morgan fingerprint density at radius 2 is 1.82 bits per heavy atom. The monoisotopic (exact) mass is 454 g/mol.